The van der Waals surface area contributed by atoms with E-state index in [-0.39, 0.29) is 19.2 Å². The van der Waals surface area contributed by atoms with Crippen LogP contribution in [0.1, 0.15) is 15.9 Å². The van der Waals surface area contributed by atoms with Crippen molar-refractivity contribution in [3.05, 3.63) is 59.7 Å². The van der Waals surface area contributed by atoms with Crippen LogP contribution in [0.4, 0.5) is 10.5 Å². The summed E-state index contributed by atoms with van der Waals surface area (Å²) in [5, 5.41) is 5.38. The van der Waals surface area contributed by atoms with Gasteiger partial charge in [0.25, 0.3) is 5.91 Å². The number of carbonyl (C=O) groups excluding carboxylic acids is 2. The second-order valence-corrected chi connectivity index (χ2v) is 5.13. The Morgan fingerprint density at radius 3 is 2.56 bits per heavy atom. The lowest BCUT2D eigenvalue weighted by atomic mass is 10.2. The maximum Gasteiger partial charge on any atom is 0.320 e. The second-order valence-electron chi connectivity index (χ2n) is 5.13. The Balaban J connectivity index is 1.75. The van der Waals surface area contributed by atoms with Crippen molar-refractivity contribution in [2.45, 2.75) is 6.92 Å². The van der Waals surface area contributed by atoms with Crippen molar-refractivity contribution >= 4 is 17.6 Å². The van der Waals surface area contributed by atoms with Gasteiger partial charge in [-0.15, -0.1) is 0 Å². The van der Waals surface area contributed by atoms with Crippen molar-refractivity contribution in [2.24, 2.45) is 5.73 Å². The SMILES string of the molecule is Cc1ccccc1NC(=O)NCC#CCOc1ccccc1C(N)=O. The van der Waals surface area contributed by atoms with Crippen LogP contribution >= 0.6 is 0 Å². The van der Waals surface area contributed by atoms with Crippen LogP contribution in [0.2, 0.25) is 0 Å². The predicted octanol–water partition coefficient (Wildman–Crippen LogP) is 2.30. The molecule has 4 N–H and O–H groups in total. The molecule has 0 unspecified atom stereocenters. The first kappa shape index (κ1) is 17.9. The van der Waals surface area contributed by atoms with E-state index >= 15 is 0 Å². The monoisotopic (exact) mass is 337 g/mol. The summed E-state index contributed by atoms with van der Waals surface area (Å²) in [5.41, 5.74) is 7.30. The third kappa shape index (κ3) is 5.59. The zero-order valence-corrected chi connectivity index (χ0v) is 13.8. The van der Waals surface area contributed by atoms with Crippen LogP contribution in [0.25, 0.3) is 0 Å². The van der Waals surface area contributed by atoms with Gasteiger partial charge < -0.3 is 21.1 Å². The van der Waals surface area contributed by atoms with Crippen LogP contribution in [0.5, 0.6) is 5.75 Å². The van der Waals surface area contributed by atoms with E-state index in [1.807, 2.05) is 31.2 Å². The number of anilines is 1. The number of amides is 3. The summed E-state index contributed by atoms with van der Waals surface area (Å²) in [7, 11) is 0. The maximum atomic E-state index is 11.8. The van der Waals surface area contributed by atoms with Crippen molar-refractivity contribution in [2.75, 3.05) is 18.5 Å². The van der Waals surface area contributed by atoms with E-state index in [1.165, 1.54) is 0 Å². The molecule has 0 bridgehead atoms. The number of carbonyl (C=O) groups is 2. The lowest BCUT2D eigenvalue weighted by Gasteiger charge is -2.07. The lowest BCUT2D eigenvalue weighted by Crippen LogP contribution is -2.29. The van der Waals surface area contributed by atoms with Gasteiger partial charge in [0.2, 0.25) is 0 Å². The highest BCUT2D eigenvalue weighted by Gasteiger charge is 2.07. The fourth-order valence-electron chi connectivity index (χ4n) is 2.03. The molecule has 0 aliphatic heterocycles. The van der Waals surface area contributed by atoms with Gasteiger partial charge in [0, 0.05) is 5.69 Å². The molecular formula is C19H19N3O3. The van der Waals surface area contributed by atoms with E-state index in [0.29, 0.717) is 11.3 Å². The average Bonchev–Trinajstić information content (AvgIpc) is 2.60. The largest absolute Gasteiger partial charge is 0.480 e. The molecule has 0 heterocycles. The number of primary amides is 1. The van der Waals surface area contributed by atoms with Crippen molar-refractivity contribution in [3.8, 4) is 17.6 Å². The highest BCUT2D eigenvalue weighted by molar-refractivity contribution is 5.95. The summed E-state index contributed by atoms with van der Waals surface area (Å²) in [6, 6.07) is 13.8. The van der Waals surface area contributed by atoms with Crippen molar-refractivity contribution < 1.29 is 14.3 Å². The quantitative estimate of drug-likeness (QED) is 0.731. The van der Waals surface area contributed by atoms with Gasteiger partial charge in [-0.3, -0.25) is 4.79 Å². The smallest absolute Gasteiger partial charge is 0.320 e. The summed E-state index contributed by atoms with van der Waals surface area (Å²) in [4.78, 5) is 23.0. The van der Waals surface area contributed by atoms with Crippen molar-refractivity contribution in [1.82, 2.24) is 5.32 Å². The molecule has 128 valence electrons. The normalized spacial score (nSPS) is 9.48. The van der Waals surface area contributed by atoms with Crippen molar-refractivity contribution in [3.63, 3.8) is 0 Å². The third-order valence-corrected chi connectivity index (χ3v) is 3.31. The first-order valence-electron chi connectivity index (χ1n) is 7.66. The van der Waals surface area contributed by atoms with E-state index in [0.717, 1.165) is 11.3 Å². The second kappa shape index (κ2) is 8.99. The summed E-state index contributed by atoms with van der Waals surface area (Å²) in [5.74, 6) is 5.36. The molecule has 0 saturated heterocycles. The van der Waals surface area contributed by atoms with Crippen LogP contribution in [0, 0.1) is 18.8 Å². The number of hydrogen-bond donors (Lipinski definition) is 3. The minimum atomic E-state index is -0.557. The van der Waals surface area contributed by atoms with E-state index in [2.05, 4.69) is 22.5 Å². The Bertz CT molecular complexity index is 822. The van der Waals surface area contributed by atoms with Crippen LogP contribution in [-0.4, -0.2) is 25.1 Å². The van der Waals surface area contributed by atoms with Gasteiger partial charge in [0.05, 0.1) is 12.1 Å². The molecule has 0 spiro atoms. The van der Waals surface area contributed by atoms with Crippen LogP contribution < -0.4 is 21.1 Å². The lowest BCUT2D eigenvalue weighted by molar-refractivity contribution is 0.0997. The van der Waals surface area contributed by atoms with Crippen LogP contribution in [0.3, 0.4) is 0 Å². The number of nitrogens with one attached hydrogen (secondary N) is 2. The summed E-state index contributed by atoms with van der Waals surface area (Å²) >= 11 is 0. The number of para-hydroxylation sites is 2. The standard InChI is InChI=1S/C19H19N3O3/c1-14-8-2-4-10-16(14)22-19(24)21-12-6-7-13-25-17-11-5-3-9-15(17)18(20)23/h2-5,8-11H,12-13H2,1H3,(H2,20,23)(H2,21,22,24). The summed E-state index contributed by atoms with van der Waals surface area (Å²) in [6.45, 7) is 2.18. The molecule has 0 aromatic heterocycles. The van der Waals surface area contributed by atoms with E-state index in [4.69, 9.17) is 10.5 Å². The highest BCUT2D eigenvalue weighted by Crippen LogP contribution is 2.16. The Kier molecular flexibility index (Phi) is 6.43. The number of benzene rings is 2. The molecule has 3 amide bonds. The van der Waals surface area contributed by atoms with Gasteiger partial charge in [-0.05, 0) is 30.7 Å². The maximum absolute atomic E-state index is 11.8. The molecule has 0 atom stereocenters. The molecule has 25 heavy (non-hydrogen) atoms. The van der Waals surface area contributed by atoms with Crippen LogP contribution in [0.15, 0.2) is 48.5 Å². The minimum Gasteiger partial charge on any atom is -0.480 e. The summed E-state index contributed by atoms with van der Waals surface area (Å²) < 4.78 is 5.41. The molecular weight excluding hydrogens is 318 g/mol. The van der Waals surface area contributed by atoms with E-state index < -0.39 is 5.91 Å². The zero-order chi connectivity index (χ0) is 18.1. The Morgan fingerprint density at radius 2 is 1.80 bits per heavy atom. The number of ether oxygens (including phenoxy) is 1. The topological polar surface area (TPSA) is 93.4 Å². The van der Waals surface area contributed by atoms with Crippen LogP contribution in [-0.2, 0) is 0 Å². The number of aryl methyl sites for hydroxylation is 1. The third-order valence-electron chi connectivity index (χ3n) is 3.31. The molecule has 0 aliphatic rings. The van der Waals surface area contributed by atoms with E-state index in [1.54, 1.807) is 24.3 Å². The summed E-state index contributed by atoms with van der Waals surface area (Å²) in [6.07, 6.45) is 0. The zero-order valence-electron chi connectivity index (χ0n) is 13.8. The molecule has 2 aromatic carbocycles. The van der Waals surface area contributed by atoms with Gasteiger partial charge in [-0.2, -0.15) is 0 Å². The van der Waals surface area contributed by atoms with Gasteiger partial charge in [0.1, 0.15) is 12.4 Å². The predicted molar refractivity (Wildman–Crippen MR) is 96.4 cm³/mol. The highest BCUT2D eigenvalue weighted by atomic mass is 16.5. The number of rotatable bonds is 5. The molecule has 2 aromatic rings. The van der Waals surface area contributed by atoms with Gasteiger partial charge in [-0.1, -0.05) is 42.2 Å². The first-order chi connectivity index (χ1) is 12.1. The fraction of sp³-hybridized carbons (Fsp3) is 0.158. The molecule has 0 saturated carbocycles. The molecule has 2 rings (SSSR count). The van der Waals surface area contributed by atoms with E-state index in [9.17, 15) is 9.59 Å². The minimum absolute atomic E-state index is 0.0887. The molecule has 0 radical (unpaired) electrons. The Labute approximate surface area is 146 Å². The number of hydrogen-bond acceptors (Lipinski definition) is 3. The van der Waals surface area contributed by atoms with Crippen molar-refractivity contribution in [1.29, 1.82) is 0 Å². The molecule has 6 nitrogen and oxygen atoms in total. The number of urea groups is 1. The first-order valence-corrected chi connectivity index (χ1v) is 7.66. The fourth-order valence-corrected chi connectivity index (χ4v) is 2.03. The van der Waals surface area contributed by atoms with Gasteiger partial charge >= 0.3 is 6.03 Å². The number of nitrogens with two attached hydrogens (primary N) is 1. The Hall–Kier alpha value is -3.46. The van der Waals surface area contributed by atoms with Gasteiger partial charge in [0.15, 0.2) is 0 Å². The molecule has 0 fully saturated rings. The average molecular weight is 337 g/mol. The molecule has 6 heteroatoms. The Morgan fingerprint density at radius 1 is 1.08 bits per heavy atom. The molecule has 0 aliphatic carbocycles. The van der Waals surface area contributed by atoms with Gasteiger partial charge in [-0.25, -0.2) is 4.79 Å².